The average Bonchev–Trinajstić information content (AvgIpc) is 2.69. The van der Waals surface area contributed by atoms with Crippen LogP contribution < -0.4 is 0 Å². The van der Waals surface area contributed by atoms with Crippen LogP contribution in [0.3, 0.4) is 0 Å². The molecule has 0 amide bonds. The average molecular weight is 329 g/mol. The van der Waals surface area contributed by atoms with Crippen molar-refractivity contribution < 1.29 is 34.3 Å². The Balaban J connectivity index is 2.04. The molecule has 2 rings (SSSR count). The van der Waals surface area contributed by atoms with E-state index in [1.807, 2.05) is 0 Å². The SMILES string of the molecule is CC1(OCCBr)OC2[C@@H](OC(CO)[C@@H](O)[C@@H]2O)O1. The van der Waals surface area contributed by atoms with Crippen LogP contribution in [0.2, 0.25) is 0 Å². The van der Waals surface area contributed by atoms with E-state index in [2.05, 4.69) is 15.9 Å². The molecule has 6 atom stereocenters. The predicted octanol–water partition coefficient (Wildman–Crippen LogP) is -1.07. The highest BCUT2D eigenvalue weighted by Crippen LogP contribution is 2.37. The van der Waals surface area contributed by atoms with E-state index >= 15 is 0 Å². The molecule has 8 heteroatoms. The van der Waals surface area contributed by atoms with Gasteiger partial charge in [-0.25, -0.2) is 0 Å². The van der Waals surface area contributed by atoms with Crippen molar-refractivity contribution in [3.63, 3.8) is 0 Å². The number of hydrogen-bond acceptors (Lipinski definition) is 7. The maximum Gasteiger partial charge on any atom is 0.282 e. The molecule has 106 valence electrons. The van der Waals surface area contributed by atoms with Crippen molar-refractivity contribution in [3.05, 3.63) is 0 Å². The molecule has 0 radical (unpaired) electrons. The molecule has 3 unspecified atom stereocenters. The normalized spacial score (nSPS) is 48.2. The first kappa shape index (κ1) is 14.6. The van der Waals surface area contributed by atoms with Crippen molar-refractivity contribution >= 4 is 15.9 Å². The van der Waals surface area contributed by atoms with Crippen LogP contribution >= 0.6 is 15.9 Å². The van der Waals surface area contributed by atoms with E-state index in [-0.39, 0.29) is 0 Å². The summed E-state index contributed by atoms with van der Waals surface area (Å²) in [6.07, 6.45) is -5.04. The number of aliphatic hydroxyl groups excluding tert-OH is 3. The van der Waals surface area contributed by atoms with Gasteiger partial charge in [-0.3, -0.25) is 4.74 Å². The zero-order chi connectivity index (χ0) is 13.3. The number of aliphatic hydroxyl groups is 3. The lowest BCUT2D eigenvalue weighted by atomic mass is 9.99. The second-order valence-corrected chi connectivity index (χ2v) is 5.10. The molecule has 2 aliphatic rings. The molecule has 2 fully saturated rings. The molecular formula is C10H17BrO7. The van der Waals surface area contributed by atoms with Crippen molar-refractivity contribution in [2.45, 2.75) is 43.6 Å². The van der Waals surface area contributed by atoms with E-state index in [4.69, 9.17) is 24.1 Å². The molecule has 0 aromatic rings. The molecule has 0 aromatic carbocycles. The van der Waals surface area contributed by atoms with Gasteiger partial charge >= 0.3 is 0 Å². The molecule has 0 aliphatic carbocycles. The highest BCUT2D eigenvalue weighted by Gasteiger charge is 2.55. The number of alkyl halides is 1. The van der Waals surface area contributed by atoms with Crippen LogP contribution in [0.15, 0.2) is 0 Å². The Morgan fingerprint density at radius 1 is 1.28 bits per heavy atom. The lowest BCUT2D eigenvalue weighted by Crippen LogP contribution is -2.57. The summed E-state index contributed by atoms with van der Waals surface area (Å²) in [5.74, 6) is -1.33. The Bertz CT molecular complexity index is 291. The Morgan fingerprint density at radius 3 is 2.61 bits per heavy atom. The summed E-state index contributed by atoms with van der Waals surface area (Å²) in [6, 6.07) is 0. The summed E-state index contributed by atoms with van der Waals surface area (Å²) >= 11 is 3.21. The van der Waals surface area contributed by atoms with Crippen LogP contribution in [-0.4, -0.2) is 70.5 Å². The first-order chi connectivity index (χ1) is 8.50. The molecule has 0 bridgehead atoms. The van der Waals surface area contributed by atoms with Crippen molar-refractivity contribution in [3.8, 4) is 0 Å². The van der Waals surface area contributed by atoms with Gasteiger partial charge < -0.3 is 29.5 Å². The second-order valence-electron chi connectivity index (χ2n) is 4.31. The van der Waals surface area contributed by atoms with E-state index < -0.39 is 43.3 Å². The Morgan fingerprint density at radius 2 is 2.00 bits per heavy atom. The third-order valence-corrected chi connectivity index (χ3v) is 3.27. The molecular weight excluding hydrogens is 312 g/mol. The first-order valence-corrected chi connectivity index (χ1v) is 6.81. The van der Waals surface area contributed by atoms with Crippen molar-refractivity contribution in [2.24, 2.45) is 0 Å². The van der Waals surface area contributed by atoms with E-state index in [9.17, 15) is 10.2 Å². The van der Waals surface area contributed by atoms with Crippen LogP contribution in [0.1, 0.15) is 6.92 Å². The maximum absolute atomic E-state index is 9.90. The smallest absolute Gasteiger partial charge is 0.282 e. The fraction of sp³-hybridized carbons (Fsp3) is 1.00. The fourth-order valence-corrected chi connectivity index (χ4v) is 2.22. The van der Waals surface area contributed by atoms with Gasteiger partial charge in [0.15, 0.2) is 6.29 Å². The van der Waals surface area contributed by atoms with E-state index in [1.54, 1.807) is 6.92 Å². The maximum atomic E-state index is 9.90. The van der Waals surface area contributed by atoms with Gasteiger partial charge in [-0.1, -0.05) is 15.9 Å². The predicted molar refractivity (Wildman–Crippen MR) is 61.9 cm³/mol. The summed E-state index contributed by atoms with van der Waals surface area (Å²) in [7, 11) is 0. The van der Waals surface area contributed by atoms with Gasteiger partial charge in [0.05, 0.1) is 13.2 Å². The minimum atomic E-state index is -1.33. The lowest BCUT2D eigenvalue weighted by Gasteiger charge is -2.36. The van der Waals surface area contributed by atoms with Crippen LogP contribution in [0.4, 0.5) is 0 Å². The zero-order valence-corrected chi connectivity index (χ0v) is 11.4. The van der Waals surface area contributed by atoms with E-state index in [0.717, 1.165) is 0 Å². The van der Waals surface area contributed by atoms with Gasteiger partial charge in [-0.15, -0.1) is 0 Å². The van der Waals surface area contributed by atoms with Crippen molar-refractivity contribution in [1.29, 1.82) is 0 Å². The summed E-state index contributed by atoms with van der Waals surface area (Å²) in [4.78, 5) is 0. The Hall–Kier alpha value is 0.200. The molecule has 0 saturated carbocycles. The summed E-state index contributed by atoms with van der Waals surface area (Å²) < 4.78 is 21.6. The van der Waals surface area contributed by atoms with Crippen LogP contribution in [0, 0.1) is 0 Å². The molecule has 2 heterocycles. The summed E-state index contributed by atoms with van der Waals surface area (Å²) in [5, 5.41) is 29.3. The monoisotopic (exact) mass is 328 g/mol. The second kappa shape index (κ2) is 5.68. The largest absolute Gasteiger partial charge is 0.394 e. The zero-order valence-electron chi connectivity index (χ0n) is 9.86. The molecule has 3 N–H and O–H groups in total. The quantitative estimate of drug-likeness (QED) is 0.565. The summed E-state index contributed by atoms with van der Waals surface area (Å²) in [5.41, 5.74) is 0. The van der Waals surface area contributed by atoms with Crippen LogP contribution in [0.25, 0.3) is 0 Å². The van der Waals surface area contributed by atoms with Gasteiger partial charge in [0.1, 0.15) is 24.4 Å². The number of halogens is 1. The molecule has 0 spiro atoms. The highest BCUT2D eigenvalue weighted by atomic mass is 79.9. The van der Waals surface area contributed by atoms with Gasteiger partial charge in [0, 0.05) is 12.3 Å². The number of rotatable bonds is 4. The standard InChI is InChI=1S/C10H17BrO7/c1-10(15-3-2-11)17-8-7(14)6(13)5(4-12)16-9(8)18-10/h5-9,12-14H,2-4H2,1H3/t5?,6-,7+,8?,9+,10?/m1/s1. The first-order valence-electron chi connectivity index (χ1n) is 5.69. The minimum absolute atomic E-state index is 0.359. The van der Waals surface area contributed by atoms with E-state index in [0.29, 0.717) is 11.9 Å². The van der Waals surface area contributed by atoms with Gasteiger partial charge in [0.2, 0.25) is 0 Å². The third-order valence-electron chi connectivity index (χ3n) is 2.95. The van der Waals surface area contributed by atoms with Crippen molar-refractivity contribution in [2.75, 3.05) is 18.5 Å². The molecule has 7 nitrogen and oxygen atoms in total. The van der Waals surface area contributed by atoms with Gasteiger partial charge in [-0.2, -0.15) is 0 Å². The molecule has 2 saturated heterocycles. The number of hydrogen-bond donors (Lipinski definition) is 3. The molecule has 18 heavy (non-hydrogen) atoms. The molecule has 0 aromatic heterocycles. The third kappa shape index (κ3) is 2.70. The Kier molecular flexibility index (Phi) is 4.61. The number of fused-ring (bicyclic) bond motifs is 1. The molecule has 2 aliphatic heterocycles. The van der Waals surface area contributed by atoms with Gasteiger partial charge in [0.25, 0.3) is 5.97 Å². The number of ether oxygens (including phenoxy) is 4. The Labute approximate surface area is 113 Å². The van der Waals surface area contributed by atoms with Crippen LogP contribution in [-0.2, 0) is 18.9 Å². The van der Waals surface area contributed by atoms with Crippen LogP contribution in [0.5, 0.6) is 0 Å². The van der Waals surface area contributed by atoms with Gasteiger partial charge in [-0.05, 0) is 0 Å². The van der Waals surface area contributed by atoms with Crippen molar-refractivity contribution in [1.82, 2.24) is 0 Å². The topological polar surface area (TPSA) is 97.6 Å². The lowest BCUT2D eigenvalue weighted by molar-refractivity contribution is -0.342. The fourth-order valence-electron chi connectivity index (χ4n) is 2.05. The summed E-state index contributed by atoms with van der Waals surface area (Å²) in [6.45, 7) is 1.51. The highest BCUT2D eigenvalue weighted by molar-refractivity contribution is 9.09. The minimum Gasteiger partial charge on any atom is -0.394 e. The van der Waals surface area contributed by atoms with E-state index in [1.165, 1.54) is 0 Å².